The van der Waals surface area contributed by atoms with E-state index in [4.69, 9.17) is 0 Å². The van der Waals surface area contributed by atoms with Crippen LogP contribution in [0.1, 0.15) is 29.7 Å². The number of hydrogen-bond acceptors (Lipinski definition) is 1. The standard InChI is InChI=1S/C14H18N2/c1-9-3-4-10(2)14-13(9)7-12(16-14)8-15-11-5-6-11/h3-4,7,11,15-16H,5-6,8H2,1-2H3. The predicted octanol–water partition coefficient (Wildman–Crippen LogP) is 3.04. The number of aromatic nitrogens is 1. The van der Waals surface area contributed by atoms with Gasteiger partial charge in [0.05, 0.1) is 0 Å². The largest absolute Gasteiger partial charge is 0.357 e. The van der Waals surface area contributed by atoms with Crippen LogP contribution in [0.3, 0.4) is 0 Å². The summed E-state index contributed by atoms with van der Waals surface area (Å²) in [5, 5.41) is 4.91. The van der Waals surface area contributed by atoms with Crippen molar-refractivity contribution in [2.24, 2.45) is 0 Å². The summed E-state index contributed by atoms with van der Waals surface area (Å²) in [7, 11) is 0. The zero-order valence-corrected chi connectivity index (χ0v) is 9.93. The van der Waals surface area contributed by atoms with Gasteiger partial charge in [-0.3, -0.25) is 0 Å². The van der Waals surface area contributed by atoms with Crippen molar-refractivity contribution in [3.05, 3.63) is 35.0 Å². The zero-order chi connectivity index (χ0) is 11.1. The molecule has 3 rings (SSSR count). The van der Waals surface area contributed by atoms with E-state index >= 15 is 0 Å². The third-order valence-corrected chi connectivity index (χ3v) is 3.43. The van der Waals surface area contributed by atoms with Crippen LogP contribution in [-0.2, 0) is 6.54 Å². The molecule has 0 bridgehead atoms. The maximum absolute atomic E-state index is 3.54. The lowest BCUT2D eigenvalue weighted by Gasteiger charge is -1.99. The van der Waals surface area contributed by atoms with Gasteiger partial charge in [-0.05, 0) is 43.9 Å². The monoisotopic (exact) mass is 214 g/mol. The maximum atomic E-state index is 3.54. The van der Waals surface area contributed by atoms with Gasteiger partial charge in [0.25, 0.3) is 0 Å². The van der Waals surface area contributed by atoms with Gasteiger partial charge in [0, 0.05) is 29.2 Å². The molecule has 2 heteroatoms. The fraction of sp³-hybridized carbons (Fsp3) is 0.429. The minimum atomic E-state index is 0.772. The van der Waals surface area contributed by atoms with Gasteiger partial charge in [0.1, 0.15) is 0 Å². The highest BCUT2D eigenvalue weighted by molar-refractivity contribution is 5.86. The number of fused-ring (bicyclic) bond motifs is 1. The van der Waals surface area contributed by atoms with E-state index < -0.39 is 0 Å². The molecule has 1 heterocycles. The summed E-state index contributed by atoms with van der Waals surface area (Å²) in [5.74, 6) is 0. The second-order valence-corrected chi connectivity index (χ2v) is 4.94. The van der Waals surface area contributed by atoms with Crippen molar-refractivity contribution >= 4 is 10.9 Å². The summed E-state index contributed by atoms with van der Waals surface area (Å²) in [5.41, 5.74) is 5.29. The van der Waals surface area contributed by atoms with Crippen LogP contribution in [-0.4, -0.2) is 11.0 Å². The quantitative estimate of drug-likeness (QED) is 0.807. The minimum absolute atomic E-state index is 0.772. The molecule has 2 nitrogen and oxygen atoms in total. The van der Waals surface area contributed by atoms with Gasteiger partial charge in [-0.15, -0.1) is 0 Å². The van der Waals surface area contributed by atoms with Gasteiger partial charge in [-0.2, -0.15) is 0 Å². The molecule has 2 aromatic rings. The molecule has 84 valence electrons. The Labute approximate surface area is 96.1 Å². The van der Waals surface area contributed by atoms with Gasteiger partial charge < -0.3 is 10.3 Å². The van der Waals surface area contributed by atoms with E-state index in [2.05, 4.69) is 42.3 Å². The third kappa shape index (κ3) is 1.74. The number of hydrogen-bond donors (Lipinski definition) is 2. The fourth-order valence-corrected chi connectivity index (χ4v) is 2.19. The molecule has 0 unspecified atom stereocenters. The van der Waals surface area contributed by atoms with E-state index in [-0.39, 0.29) is 0 Å². The molecule has 1 fully saturated rings. The van der Waals surface area contributed by atoms with E-state index in [0.29, 0.717) is 0 Å². The van der Waals surface area contributed by atoms with E-state index in [1.807, 2.05) is 0 Å². The minimum Gasteiger partial charge on any atom is -0.357 e. The molecule has 0 aliphatic heterocycles. The van der Waals surface area contributed by atoms with Crippen LogP contribution in [0.2, 0.25) is 0 Å². The number of rotatable bonds is 3. The van der Waals surface area contributed by atoms with Gasteiger partial charge in [0.2, 0.25) is 0 Å². The number of nitrogens with one attached hydrogen (secondary N) is 2. The average Bonchev–Trinajstić information content (AvgIpc) is 2.99. The number of H-pyrrole nitrogens is 1. The van der Waals surface area contributed by atoms with E-state index in [0.717, 1.165) is 12.6 Å². The van der Waals surface area contributed by atoms with Crippen LogP contribution in [0, 0.1) is 13.8 Å². The Kier molecular flexibility index (Phi) is 2.25. The van der Waals surface area contributed by atoms with Crippen molar-refractivity contribution in [1.29, 1.82) is 0 Å². The maximum Gasteiger partial charge on any atom is 0.0488 e. The first-order valence-corrected chi connectivity index (χ1v) is 6.05. The Morgan fingerprint density at radius 2 is 2.00 bits per heavy atom. The highest BCUT2D eigenvalue weighted by Gasteiger charge is 2.20. The number of benzene rings is 1. The van der Waals surface area contributed by atoms with Crippen molar-refractivity contribution in [2.45, 2.75) is 39.3 Å². The molecule has 1 saturated carbocycles. The van der Waals surface area contributed by atoms with Crippen molar-refractivity contribution in [2.75, 3.05) is 0 Å². The van der Waals surface area contributed by atoms with Crippen molar-refractivity contribution in [1.82, 2.24) is 10.3 Å². The number of aryl methyl sites for hydroxylation is 2. The molecule has 0 amide bonds. The van der Waals surface area contributed by atoms with Crippen LogP contribution in [0.5, 0.6) is 0 Å². The lowest BCUT2D eigenvalue weighted by molar-refractivity contribution is 0.678. The molecule has 0 saturated heterocycles. The first-order valence-electron chi connectivity index (χ1n) is 6.05. The third-order valence-electron chi connectivity index (χ3n) is 3.43. The van der Waals surface area contributed by atoms with Gasteiger partial charge in [-0.25, -0.2) is 0 Å². The van der Waals surface area contributed by atoms with E-state index in [1.54, 1.807) is 0 Å². The second-order valence-electron chi connectivity index (χ2n) is 4.94. The van der Waals surface area contributed by atoms with Crippen molar-refractivity contribution in [3.8, 4) is 0 Å². The molecular formula is C14H18N2. The van der Waals surface area contributed by atoms with Crippen LogP contribution in [0.4, 0.5) is 0 Å². The zero-order valence-electron chi connectivity index (χ0n) is 9.93. The molecule has 0 atom stereocenters. The average molecular weight is 214 g/mol. The predicted molar refractivity (Wildman–Crippen MR) is 67.6 cm³/mol. The highest BCUT2D eigenvalue weighted by atomic mass is 15.0. The molecule has 16 heavy (non-hydrogen) atoms. The molecule has 1 aromatic heterocycles. The van der Waals surface area contributed by atoms with Gasteiger partial charge >= 0.3 is 0 Å². The lowest BCUT2D eigenvalue weighted by atomic mass is 10.1. The van der Waals surface area contributed by atoms with Gasteiger partial charge in [-0.1, -0.05) is 12.1 Å². The number of aromatic amines is 1. The van der Waals surface area contributed by atoms with Crippen LogP contribution in [0.25, 0.3) is 10.9 Å². The smallest absolute Gasteiger partial charge is 0.0488 e. The SMILES string of the molecule is Cc1ccc(C)c2[nH]c(CNC3CC3)cc12. The summed E-state index contributed by atoms with van der Waals surface area (Å²) in [6.45, 7) is 5.31. The molecule has 0 spiro atoms. The molecule has 0 radical (unpaired) electrons. The Hall–Kier alpha value is -1.28. The Morgan fingerprint density at radius 1 is 1.25 bits per heavy atom. The first kappa shape index (κ1) is 9.91. The lowest BCUT2D eigenvalue weighted by Crippen LogP contribution is -2.15. The molecular weight excluding hydrogens is 196 g/mol. The highest BCUT2D eigenvalue weighted by Crippen LogP contribution is 2.24. The van der Waals surface area contributed by atoms with Gasteiger partial charge in [0.15, 0.2) is 0 Å². The van der Waals surface area contributed by atoms with E-state index in [9.17, 15) is 0 Å². The molecule has 1 aliphatic carbocycles. The summed E-state index contributed by atoms with van der Waals surface area (Å²) in [6.07, 6.45) is 2.69. The van der Waals surface area contributed by atoms with Crippen LogP contribution < -0.4 is 5.32 Å². The van der Waals surface area contributed by atoms with Crippen molar-refractivity contribution in [3.63, 3.8) is 0 Å². The van der Waals surface area contributed by atoms with Crippen LogP contribution in [0.15, 0.2) is 18.2 Å². The van der Waals surface area contributed by atoms with Crippen molar-refractivity contribution < 1.29 is 0 Å². The first-order chi connectivity index (χ1) is 7.74. The summed E-state index contributed by atoms with van der Waals surface area (Å²) >= 11 is 0. The second kappa shape index (κ2) is 3.63. The molecule has 1 aliphatic rings. The topological polar surface area (TPSA) is 27.8 Å². The Balaban J connectivity index is 1.94. The summed E-state index contributed by atoms with van der Waals surface area (Å²) < 4.78 is 0. The summed E-state index contributed by atoms with van der Waals surface area (Å²) in [4.78, 5) is 3.53. The molecule has 2 N–H and O–H groups in total. The Bertz CT molecular complexity index is 482. The van der Waals surface area contributed by atoms with E-state index in [1.165, 1.54) is 40.6 Å². The summed E-state index contributed by atoms with van der Waals surface area (Å²) in [6, 6.07) is 7.44. The molecule has 1 aromatic carbocycles. The normalized spacial score (nSPS) is 15.9. The van der Waals surface area contributed by atoms with Crippen LogP contribution >= 0.6 is 0 Å². The Morgan fingerprint density at radius 3 is 2.69 bits per heavy atom. The fourth-order valence-electron chi connectivity index (χ4n) is 2.19.